The molecule has 0 spiro atoms. The van der Waals surface area contributed by atoms with Gasteiger partial charge in [0.25, 0.3) is 0 Å². The highest BCUT2D eigenvalue weighted by Crippen LogP contribution is 2.49. The van der Waals surface area contributed by atoms with Gasteiger partial charge in [0.15, 0.2) is 0 Å². The number of aromatic nitrogens is 2. The Morgan fingerprint density at radius 1 is 1.12 bits per heavy atom. The van der Waals surface area contributed by atoms with Crippen molar-refractivity contribution in [1.82, 2.24) is 9.78 Å². The van der Waals surface area contributed by atoms with Gasteiger partial charge in [0.2, 0.25) is 0 Å². The Labute approximate surface area is 149 Å². The molecule has 1 aliphatic heterocycles. The van der Waals surface area contributed by atoms with Crippen molar-refractivity contribution in [2.45, 2.75) is 19.4 Å². The molecule has 0 aliphatic carbocycles. The maximum Gasteiger partial charge on any atom is 0.133 e. The maximum absolute atomic E-state index is 10.4. The van der Waals surface area contributed by atoms with Crippen LogP contribution in [0.15, 0.2) is 42.6 Å². The van der Waals surface area contributed by atoms with Crippen LogP contribution >= 0.6 is 23.2 Å². The fraction of sp³-hybridized carbons (Fsp3) is 0.167. The minimum Gasteiger partial charge on any atom is -0.507 e. The van der Waals surface area contributed by atoms with E-state index in [-0.39, 0.29) is 5.75 Å². The third-order valence-electron chi connectivity index (χ3n) is 4.17. The van der Waals surface area contributed by atoms with Crippen LogP contribution in [-0.4, -0.2) is 14.9 Å². The fourth-order valence-corrected chi connectivity index (χ4v) is 3.31. The van der Waals surface area contributed by atoms with E-state index in [4.69, 9.17) is 27.9 Å². The van der Waals surface area contributed by atoms with Gasteiger partial charge in [-0.3, -0.25) is 0 Å². The van der Waals surface area contributed by atoms with Crippen molar-refractivity contribution in [1.29, 1.82) is 0 Å². The number of benzene rings is 2. The molecule has 0 fully saturated rings. The quantitative estimate of drug-likeness (QED) is 0.650. The number of phenolic OH excluding ortho intramolecular Hbond substituents is 1. The third kappa shape index (κ3) is 2.18. The van der Waals surface area contributed by atoms with E-state index >= 15 is 0 Å². The molecule has 2 heterocycles. The number of fused-ring (bicyclic) bond motifs is 3. The van der Waals surface area contributed by atoms with Gasteiger partial charge in [-0.1, -0.05) is 29.3 Å². The summed E-state index contributed by atoms with van der Waals surface area (Å²) in [5.74, 6) is 0.764. The smallest absolute Gasteiger partial charge is 0.133 e. The standard InChI is InChI=1S/C18H14Cl2N2O2/c1-18(2)11-9-21-22(10-6-7-12(19)13(20)8-10)17(11)16-14(23)4-3-5-15(16)24-18/h3-9,23H,1-2H3. The van der Waals surface area contributed by atoms with Crippen molar-refractivity contribution in [3.8, 4) is 28.4 Å². The van der Waals surface area contributed by atoms with E-state index in [1.165, 1.54) is 0 Å². The first-order chi connectivity index (χ1) is 11.4. The van der Waals surface area contributed by atoms with Crippen molar-refractivity contribution >= 4 is 23.2 Å². The summed E-state index contributed by atoms with van der Waals surface area (Å²) in [7, 11) is 0. The molecule has 2 aromatic carbocycles. The Hall–Kier alpha value is -2.17. The van der Waals surface area contributed by atoms with E-state index in [1.54, 1.807) is 35.1 Å². The molecule has 0 saturated carbocycles. The zero-order valence-electron chi connectivity index (χ0n) is 13.0. The lowest BCUT2D eigenvalue weighted by molar-refractivity contribution is 0.105. The van der Waals surface area contributed by atoms with Crippen molar-refractivity contribution in [2.24, 2.45) is 0 Å². The van der Waals surface area contributed by atoms with E-state index < -0.39 is 5.60 Å². The topological polar surface area (TPSA) is 47.3 Å². The summed E-state index contributed by atoms with van der Waals surface area (Å²) in [6, 6.07) is 10.5. The number of aromatic hydroxyl groups is 1. The normalized spacial score (nSPS) is 14.7. The largest absolute Gasteiger partial charge is 0.507 e. The van der Waals surface area contributed by atoms with Crippen LogP contribution < -0.4 is 4.74 Å². The van der Waals surface area contributed by atoms with Gasteiger partial charge in [0.05, 0.1) is 33.2 Å². The van der Waals surface area contributed by atoms with Gasteiger partial charge < -0.3 is 9.84 Å². The molecule has 6 heteroatoms. The van der Waals surface area contributed by atoms with Crippen molar-refractivity contribution in [3.63, 3.8) is 0 Å². The second kappa shape index (κ2) is 5.16. The minimum absolute atomic E-state index is 0.145. The molecular formula is C18H14Cl2N2O2. The molecule has 0 radical (unpaired) electrons. The molecule has 0 bridgehead atoms. The second-order valence-corrected chi connectivity index (χ2v) is 6.99. The van der Waals surface area contributed by atoms with E-state index in [2.05, 4.69) is 5.10 Å². The molecule has 0 unspecified atom stereocenters. The number of hydrogen-bond acceptors (Lipinski definition) is 3. The van der Waals surface area contributed by atoms with Crippen LogP contribution in [0.2, 0.25) is 10.0 Å². The summed E-state index contributed by atoms with van der Waals surface area (Å²) in [5, 5.41) is 15.8. The molecule has 0 amide bonds. The third-order valence-corrected chi connectivity index (χ3v) is 4.91. The molecule has 0 saturated heterocycles. The van der Waals surface area contributed by atoms with Gasteiger partial charge in [-0.05, 0) is 44.2 Å². The van der Waals surface area contributed by atoms with Crippen LogP contribution in [0.25, 0.3) is 16.9 Å². The van der Waals surface area contributed by atoms with Crippen LogP contribution in [0.3, 0.4) is 0 Å². The highest BCUT2D eigenvalue weighted by molar-refractivity contribution is 6.42. The first-order valence-electron chi connectivity index (χ1n) is 7.44. The Morgan fingerprint density at radius 2 is 1.92 bits per heavy atom. The summed E-state index contributed by atoms with van der Waals surface area (Å²) < 4.78 is 7.81. The van der Waals surface area contributed by atoms with Gasteiger partial charge in [-0.15, -0.1) is 0 Å². The number of hydrogen-bond donors (Lipinski definition) is 1. The first-order valence-corrected chi connectivity index (χ1v) is 8.19. The highest BCUT2D eigenvalue weighted by atomic mass is 35.5. The molecule has 4 nitrogen and oxygen atoms in total. The molecule has 0 atom stereocenters. The van der Waals surface area contributed by atoms with Crippen LogP contribution in [0.5, 0.6) is 11.5 Å². The zero-order chi connectivity index (χ0) is 17.1. The Morgan fingerprint density at radius 3 is 2.67 bits per heavy atom. The number of nitrogens with zero attached hydrogens (tertiary/aromatic N) is 2. The number of ether oxygens (including phenoxy) is 1. The molecule has 1 N–H and O–H groups in total. The van der Waals surface area contributed by atoms with Crippen LogP contribution in [0, 0.1) is 0 Å². The molecule has 122 valence electrons. The van der Waals surface area contributed by atoms with Crippen LogP contribution in [0.4, 0.5) is 0 Å². The summed E-state index contributed by atoms with van der Waals surface area (Å²) >= 11 is 12.2. The zero-order valence-corrected chi connectivity index (χ0v) is 14.6. The van der Waals surface area contributed by atoms with E-state index in [9.17, 15) is 5.11 Å². The van der Waals surface area contributed by atoms with Gasteiger partial charge in [0, 0.05) is 5.56 Å². The Balaban J connectivity index is 2.03. The average Bonchev–Trinajstić information content (AvgIpc) is 2.95. The van der Waals surface area contributed by atoms with E-state index in [0.29, 0.717) is 21.4 Å². The van der Waals surface area contributed by atoms with E-state index in [1.807, 2.05) is 26.0 Å². The molecule has 24 heavy (non-hydrogen) atoms. The Kier molecular flexibility index (Phi) is 3.31. The lowest BCUT2D eigenvalue weighted by Crippen LogP contribution is -2.29. The average molecular weight is 361 g/mol. The van der Waals surface area contributed by atoms with Gasteiger partial charge >= 0.3 is 0 Å². The summed E-state index contributed by atoms with van der Waals surface area (Å²) in [4.78, 5) is 0. The predicted molar refractivity (Wildman–Crippen MR) is 94.3 cm³/mol. The number of halogens is 2. The fourth-order valence-electron chi connectivity index (χ4n) is 3.01. The monoisotopic (exact) mass is 360 g/mol. The van der Waals surface area contributed by atoms with Crippen LogP contribution in [-0.2, 0) is 5.60 Å². The van der Waals surface area contributed by atoms with Gasteiger partial charge in [0.1, 0.15) is 17.1 Å². The van der Waals surface area contributed by atoms with Crippen molar-refractivity contribution in [3.05, 3.63) is 58.2 Å². The lowest BCUT2D eigenvalue weighted by Gasteiger charge is -2.33. The second-order valence-electron chi connectivity index (χ2n) is 6.18. The number of rotatable bonds is 1. The lowest BCUT2D eigenvalue weighted by atomic mass is 9.91. The van der Waals surface area contributed by atoms with Crippen molar-refractivity contribution < 1.29 is 9.84 Å². The SMILES string of the molecule is CC1(C)Oc2cccc(O)c2-c2c1cnn2-c1ccc(Cl)c(Cl)c1. The predicted octanol–water partition coefficient (Wildman–Crippen LogP) is 5.18. The summed E-state index contributed by atoms with van der Waals surface area (Å²) in [6.07, 6.45) is 1.76. The molecule has 4 rings (SSSR count). The van der Waals surface area contributed by atoms with Gasteiger partial charge in [-0.2, -0.15) is 5.10 Å². The van der Waals surface area contributed by atoms with Crippen LogP contribution in [0.1, 0.15) is 19.4 Å². The molecule has 1 aliphatic rings. The number of phenols is 1. The Bertz CT molecular complexity index is 964. The summed E-state index contributed by atoms with van der Waals surface area (Å²) in [5.41, 5.74) is 2.50. The highest BCUT2D eigenvalue weighted by Gasteiger charge is 2.37. The first kappa shape index (κ1) is 15.4. The van der Waals surface area contributed by atoms with E-state index in [0.717, 1.165) is 16.9 Å². The van der Waals surface area contributed by atoms with Gasteiger partial charge in [-0.25, -0.2) is 4.68 Å². The minimum atomic E-state index is -0.565. The molecule has 3 aromatic rings. The summed E-state index contributed by atoms with van der Waals surface area (Å²) in [6.45, 7) is 3.94. The van der Waals surface area contributed by atoms with Crippen molar-refractivity contribution in [2.75, 3.05) is 0 Å². The molecule has 1 aromatic heterocycles. The maximum atomic E-state index is 10.4. The molecular weight excluding hydrogens is 347 g/mol.